The molecule has 0 unspecified atom stereocenters. The molecule has 2 fully saturated rings. The molecule has 2 N–H and O–H groups in total. The number of nitrogens with zero attached hydrogens (tertiary/aromatic N) is 3. The number of benzene rings is 2. The smallest absolute Gasteiger partial charge is 0.317 e. The first kappa shape index (κ1) is 28.2. The van der Waals surface area contributed by atoms with Gasteiger partial charge in [-0.15, -0.1) is 6.58 Å². The zero-order chi connectivity index (χ0) is 28.4. The Bertz CT molecular complexity index is 1430. The molecule has 8 nitrogen and oxygen atoms in total. The summed E-state index contributed by atoms with van der Waals surface area (Å²) < 4.78 is 0.956. The first-order chi connectivity index (χ1) is 19.3. The molecule has 2 aliphatic heterocycles. The third-order valence-electron chi connectivity index (χ3n) is 7.98. The Morgan fingerprint density at radius 1 is 1.15 bits per heavy atom. The molecule has 2 atom stereocenters. The fraction of sp³-hybridized carbons (Fsp3) is 0.367. The minimum atomic E-state index is -1.04. The molecule has 0 bridgehead atoms. The van der Waals surface area contributed by atoms with Crippen LogP contribution in [0.2, 0.25) is 5.02 Å². The highest BCUT2D eigenvalue weighted by Crippen LogP contribution is 2.53. The number of aromatic amines is 1. The number of carbonyl (C=O) groups excluding carboxylic acids is 3. The van der Waals surface area contributed by atoms with E-state index in [4.69, 9.17) is 11.6 Å². The van der Waals surface area contributed by atoms with Crippen molar-refractivity contribution in [3.05, 3.63) is 81.9 Å². The van der Waals surface area contributed by atoms with Gasteiger partial charge >= 0.3 is 6.03 Å². The summed E-state index contributed by atoms with van der Waals surface area (Å²) in [6.07, 6.45) is 4.07. The molecule has 5 rings (SSSR count). The minimum absolute atomic E-state index is 0.0765. The van der Waals surface area contributed by atoms with Gasteiger partial charge in [-0.1, -0.05) is 51.8 Å². The molecule has 0 radical (unpaired) electrons. The zero-order valence-corrected chi connectivity index (χ0v) is 24.8. The number of likely N-dealkylation sites (tertiary alicyclic amines) is 1. The molecule has 210 valence electrons. The molecule has 2 aliphatic rings. The summed E-state index contributed by atoms with van der Waals surface area (Å²) in [5.41, 5.74) is 1.66. The van der Waals surface area contributed by atoms with Crippen molar-refractivity contribution in [1.82, 2.24) is 25.0 Å². The van der Waals surface area contributed by atoms with E-state index in [0.717, 1.165) is 26.5 Å². The van der Waals surface area contributed by atoms with Crippen LogP contribution in [0.4, 0.5) is 4.79 Å². The Labute approximate surface area is 247 Å². The highest BCUT2D eigenvalue weighted by atomic mass is 79.9. The second-order valence-electron chi connectivity index (χ2n) is 10.4. The van der Waals surface area contributed by atoms with Crippen LogP contribution in [0, 0.1) is 5.41 Å². The number of carbonyl (C=O) groups is 3. The Morgan fingerprint density at radius 3 is 2.52 bits per heavy atom. The predicted molar refractivity (Wildman–Crippen MR) is 160 cm³/mol. The van der Waals surface area contributed by atoms with Crippen LogP contribution < -0.4 is 5.32 Å². The van der Waals surface area contributed by atoms with E-state index in [2.05, 4.69) is 32.8 Å². The zero-order valence-electron chi connectivity index (χ0n) is 22.5. The van der Waals surface area contributed by atoms with Crippen LogP contribution in [0.25, 0.3) is 10.9 Å². The van der Waals surface area contributed by atoms with Gasteiger partial charge < -0.3 is 25.0 Å². The lowest BCUT2D eigenvalue weighted by atomic mass is 9.73. The lowest BCUT2D eigenvalue weighted by molar-refractivity contribution is -0.145. The first-order valence-electron chi connectivity index (χ1n) is 13.5. The number of aromatic nitrogens is 1. The molecule has 3 aromatic rings. The van der Waals surface area contributed by atoms with E-state index in [1.807, 2.05) is 65.4 Å². The SMILES string of the molecule is C=CC[C@@]1(C(=O)N2CCN(C(=O)NCC)CC2)CC(=O)N(Cc2ccc(Br)cc2)[C@H]1c1c[nH]c2cc(Cl)ccc12. The quantitative estimate of drug-likeness (QED) is 0.340. The molecule has 0 spiro atoms. The van der Waals surface area contributed by atoms with Crippen molar-refractivity contribution in [3.63, 3.8) is 0 Å². The Balaban J connectivity index is 1.55. The summed E-state index contributed by atoms with van der Waals surface area (Å²) in [4.78, 5) is 49.5. The van der Waals surface area contributed by atoms with Gasteiger partial charge in [-0.25, -0.2) is 4.79 Å². The van der Waals surface area contributed by atoms with Crippen LogP contribution >= 0.6 is 27.5 Å². The molecule has 10 heteroatoms. The molecule has 2 aromatic carbocycles. The van der Waals surface area contributed by atoms with Crippen LogP contribution in [0.15, 0.2) is 65.8 Å². The number of amides is 4. The number of rotatable bonds is 7. The van der Waals surface area contributed by atoms with Gasteiger partial charge in [0.05, 0.1) is 11.5 Å². The van der Waals surface area contributed by atoms with Gasteiger partial charge in [-0.2, -0.15) is 0 Å². The molecule has 2 saturated heterocycles. The van der Waals surface area contributed by atoms with Crippen molar-refractivity contribution < 1.29 is 14.4 Å². The second-order valence-corrected chi connectivity index (χ2v) is 11.8. The normalized spacial score (nSPS) is 21.2. The average Bonchev–Trinajstić information content (AvgIpc) is 3.47. The monoisotopic (exact) mass is 625 g/mol. The van der Waals surface area contributed by atoms with Crippen LogP contribution in [0.3, 0.4) is 0 Å². The maximum Gasteiger partial charge on any atom is 0.317 e. The fourth-order valence-electron chi connectivity index (χ4n) is 6.10. The molecule has 4 amide bonds. The van der Waals surface area contributed by atoms with Gasteiger partial charge in [0, 0.05) is 77.8 Å². The van der Waals surface area contributed by atoms with E-state index in [9.17, 15) is 14.4 Å². The lowest BCUT2D eigenvalue weighted by Crippen LogP contribution is -2.56. The van der Waals surface area contributed by atoms with Gasteiger partial charge in [-0.05, 0) is 43.2 Å². The first-order valence-corrected chi connectivity index (χ1v) is 14.7. The molecule has 40 heavy (non-hydrogen) atoms. The van der Waals surface area contributed by atoms with Crippen molar-refractivity contribution in [3.8, 4) is 0 Å². The van der Waals surface area contributed by atoms with Crippen molar-refractivity contribution in [2.45, 2.75) is 32.4 Å². The minimum Gasteiger partial charge on any atom is -0.361 e. The van der Waals surface area contributed by atoms with E-state index in [1.54, 1.807) is 11.0 Å². The van der Waals surface area contributed by atoms with Crippen LogP contribution in [-0.4, -0.2) is 70.3 Å². The molecule has 1 aromatic heterocycles. The fourth-order valence-corrected chi connectivity index (χ4v) is 6.54. The Hall–Kier alpha value is -3.30. The van der Waals surface area contributed by atoms with Crippen molar-refractivity contribution in [2.75, 3.05) is 32.7 Å². The van der Waals surface area contributed by atoms with E-state index in [1.165, 1.54) is 0 Å². The summed E-state index contributed by atoms with van der Waals surface area (Å²) in [5, 5.41) is 4.36. The van der Waals surface area contributed by atoms with Gasteiger partial charge in [-0.3, -0.25) is 9.59 Å². The number of nitrogens with one attached hydrogen (secondary N) is 2. The topological polar surface area (TPSA) is 88.8 Å². The maximum absolute atomic E-state index is 14.5. The van der Waals surface area contributed by atoms with E-state index in [-0.39, 0.29) is 24.3 Å². The number of allylic oxidation sites excluding steroid dienone is 1. The standard InChI is InChI=1S/C30H33BrClN5O3/c1-3-11-30(28(39)35-12-14-36(15-13-35)29(40)33-4-2)17-26(38)37(19-20-5-7-21(31)8-6-20)27(30)24-18-34-25-16-22(32)9-10-23(24)25/h3,5-10,16,18,27,34H,1,4,11-15,17,19H2,2H3,(H,33,40)/t27-,30+/m0/s1. The molecular weight excluding hydrogens is 594 g/mol. The third kappa shape index (κ3) is 5.24. The molecule has 0 aliphatic carbocycles. The lowest BCUT2D eigenvalue weighted by Gasteiger charge is -2.42. The molecule has 0 saturated carbocycles. The highest BCUT2D eigenvalue weighted by molar-refractivity contribution is 9.10. The Kier molecular flexibility index (Phi) is 8.24. The maximum atomic E-state index is 14.5. The number of fused-ring (bicyclic) bond motifs is 1. The van der Waals surface area contributed by atoms with E-state index >= 15 is 0 Å². The van der Waals surface area contributed by atoms with Crippen molar-refractivity contribution >= 4 is 56.3 Å². The summed E-state index contributed by atoms with van der Waals surface area (Å²) in [6, 6.07) is 12.9. The number of hydrogen-bond acceptors (Lipinski definition) is 3. The summed E-state index contributed by atoms with van der Waals surface area (Å²) in [6.45, 7) is 8.49. The summed E-state index contributed by atoms with van der Waals surface area (Å²) in [7, 11) is 0. The van der Waals surface area contributed by atoms with Crippen molar-refractivity contribution in [2.24, 2.45) is 5.41 Å². The third-order valence-corrected chi connectivity index (χ3v) is 8.74. The largest absolute Gasteiger partial charge is 0.361 e. The number of hydrogen-bond donors (Lipinski definition) is 2. The number of piperazine rings is 1. The second kappa shape index (κ2) is 11.7. The van der Waals surface area contributed by atoms with Crippen molar-refractivity contribution in [1.29, 1.82) is 0 Å². The summed E-state index contributed by atoms with van der Waals surface area (Å²) >= 11 is 9.76. The van der Waals surface area contributed by atoms with Crippen LogP contribution in [-0.2, 0) is 16.1 Å². The van der Waals surface area contributed by atoms with Gasteiger partial charge in [0.2, 0.25) is 11.8 Å². The molecule has 3 heterocycles. The average molecular weight is 627 g/mol. The number of urea groups is 1. The predicted octanol–water partition coefficient (Wildman–Crippen LogP) is 5.49. The Morgan fingerprint density at radius 2 is 1.85 bits per heavy atom. The summed E-state index contributed by atoms with van der Waals surface area (Å²) in [5.74, 6) is -0.157. The van der Waals surface area contributed by atoms with Gasteiger partial charge in [0.25, 0.3) is 0 Å². The van der Waals surface area contributed by atoms with Crippen LogP contribution in [0.1, 0.15) is 36.9 Å². The number of halogens is 2. The van der Waals surface area contributed by atoms with Gasteiger partial charge in [0.1, 0.15) is 0 Å². The highest BCUT2D eigenvalue weighted by Gasteiger charge is 2.58. The van der Waals surface area contributed by atoms with Gasteiger partial charge in [0.15, 0.2) is 0 Å². The molecular formula is C30H33BrClN5O3. The number of H-pyrrole nitrogens is 1. The van der Waals surface area contributed by atoms with E-state index < -0.39 is 11.5 Å². The van der Waals surface area contributed by atoms with Crippen LogP contribution in [0.5, 0.6) is 0 Å². The van der Waals surface area contributed by atoms with E-state index in [0.29, 0.717) is 50.7 Å².